The molecule has 0 aromatic carbocycles. The quantitative estimate of drug-likeness (QED) is 0.0264. The van der Waals surface area contributed by atoms with Gasteiger partial charge in [0.15, 0.2) is 6.10 Å². The predicted molar refractivity (Wildman–Crippen MR) is 312 cm³/mol. The van der Waals surface area contributed by atoms with Crippen LogP contribution in [0.5, 0.6) is 0 Å². The molecule has 0 saturated carbocycles. The lowest BCUT2D eigenvalue weighted by molar-refractivity contribution is -0.161. The Hall–Kier alpha value is -1.51. The van der Waals surface area contributed by atoms with Crippen molar-refractivity contribution in [1.82, 2.24) is 0 Å². The van der Waals surface area contributed by atoms with E-state index in [4.69, 9.17) is 24.3 Å². The number of phosphoric ester groups is 1. The molecule has 10 heteroatoms. The minimum absolute atomic E-state index is 0.0555. The average Bonchev–Trinajstić information content (AvgIpc) is 3.38. The van der Waals surface area contributed by atoms with E-state index in [-0.39, 0.29) is 38.6 Å². The van der Waals surface area contributed by atoms with Gasteiger partial charge in [-0.15, -0.1) is 0 Å². The van der Waals surface area contributed by atoms with E-state index in [9.17, 15) is 19.0 Å². The molecule has 432 valence electrons. The zero-order chi connectivity index (χ0) is 53.1. The Bertz CT molecular complexity index is 1250. The van der Waals surface area contributed by atoms with E-state index in [1.54, 1.807) is 0 Å². The van der Waals surface area contributed by atoms with Crippen LogP contribution in [0, 0.1) is 0 Å². The molecule has 0 aromatic rings. The van der Waals surface area contributed by atoms with Crippen LogP contribution in [0.1, 0.15) is 335 Å². The molecular weight excluding hydrogens is 930 g/mol. The summed E-state index contributed by atoms with van der Waals surface area (Å²) in [4.78, 5) is 35.3. The van der Waals surface area contributed by atoms with Crippen molar-refractivity contribution < 1.29 is 37.6 Å². The zero-order valence-corrected chi connectivity index (χ0v) is 49.3. The number of hydrogen-bond donors (Lipinski definition) is 2. The summed E-state index contributed by atoms with van der Waals surface area (Å²) in [6.45, 7) is 3.80. The topological polar surface area (TPSA) is 134 Å². The minimum atomic E-state index is -4.39. The maximum Gasteiger partial charge on any atom is 0.472 e. The van der Waals surface area contributed by atoms with E-state index in [1.807, 2.05) is 0 Å². The number of carbonyl (C=O) groups is 2. The van der Waals surface area contributed by atoms with E-state index < -0.39 is 26.5 Å². The summed E-state index contributed by atoms with van der Waals surface area (Å²) in [7, 11) is -4.39. The van der Waals surface area contributed by atoms with Crippen LogP contribution in [-0.2, 0) is 32.7 Å². The summed E-state index contributed by atoms with van der Waals surface area (Å²) in [5.74, 6) is -0.810. The van der Waals surface area contributed by atoms with Crippen molar-refractivity contribution in [3.63, 3.8) is 0 Å². The van der Waals surface area contributed by atoms with Crippen LogP contribution >= 0.6 is 7.82 Å². The molecule has 2 atom stereocenters. The second-order valence-electron chi connectivity index (χ2n) is 21.6. The average molecular weight is 1050 g/mol. The van der Waals surface area contributed by atoms with Crippen molar-refractivity contribution in [2.45, 2.75) is 341 Å². The summed E-state index contributed by atoms with van der Waals surface area (Å²) >= 11 is 0. The number of carbonyl (C=O) groups excluding carboxylic acids is 2. The van der Waals surface area contributed by atoms with Gasteiger partial charge in [-0.1, -0.05) is 301 Å². The SMILES string of the molecule is CCCCCCC/C=C\C/C=C\CCCCCCCCCCCCCC(=O)OC(COC(=O)CCCCCCCCCCCCCCCCCCCCCCCCCCCCCCC)COP(=O)(O)OCCN. The molecule has 9 nitrogen and oxygen atoms in total. The Kier molecular flexibility index (Phi) is 58.5. The summed E-state index contributed by atoms with van der Waals surface area (Å²) in [6.07, 6.45) is 71.1. The smallest absolute Gasteiger partial charge is 0.462 e. The summed E-state index contributed by atoms with van der Waals surface area (Å²) in [6, 6.07) is 0. The first-order chi connectivity index (χ1) is 35.8. The normalized spacial score (nSPS) is 13.1. The van der Waals surface area contributed by atoms with Crippen LogP contribution in [-0.4, -0.2) is 49.3 Å². The number of hydrogen-bond acceptors (Lipinski definition) is 8. The molecule has 3 N–H and O–H groups in total. The number of nitrogens with two attached hydrogens (primary N) is 1. The van der Waals surface area contributed by atoms with Crippen molar-refractivity contribution in [2.24, 2.45) is 5.73 Å². The van der Waals surface area contributed by atoms with E-state index in [0.717, 1.165) is 44.9 Å². The van der Waals surface area contributed by atoms with Crippen LogP contribution in [0.2, 0.25) is 0 Å². The summed E-state index contributed by atoms with van der Waals surface area (Å²) < 4.78 is 33.1. The maximum absolute atomic E-state index is 12.7. The number of phosphoric acid groups is 1. The second kappa shape index (κ2) is 59.7. The summed E-state index contributed by atoms with van der Waals surface area (Å²) in [5.41, 5.74) is 5.39. The molecule has 0 aromatic heterocycles. The highest BCUT2D eigenvalue weighted by Gasteiger charge is 2.26. The predicted octanol–water partition coefficient (Wildman–Crippen LogP) is 20.2. The molecule has 0 aliphatic heterocycles. The van der Waals surface area contributed by atoms with Gasteiger partial charge in [0.1, 0.15) is 6.61 Å². The number of ether oxygens (including phenoxy) is 2. The highest BCUT2D eigenvalue weighted by atomic mass is 31.2. The van der Waals surface area contributed by atoms with Crippen molar-refractivity contribution in [1.29, 1.82) is 0 Å². The van der Waals surface area contributed by atoms with Crippen LogP contribution in [0.15, 0.2) is 24.3 Å². The van der Waals surface area contributed by atoms with Crippen LogP contribution in [0.4, 0.5) is 0 Å². The van der Waals surface area contributed by atoms with Gasteiger partial charge in [0.05, 0.1) is 13.2 Å². The standard InChI is InChI=1S/C63H122NO8P/c1-3-5-7-9-11-13-15-17-19-21-23-25-27-28-29-30-31-32-34-35-37-39-41-43-45-47-49-51-53-55-62(65)69-59-61(60-71-73(67,68)70-58-57-64)72-63(66)56-54-52-50-48-46-44-42-40-38-36-33-26-24-22-20-18-16-14-12-10-8-6-4-2/h16,18,22,24,61H,3-15,17,19-21,23,25-60,64H2,1-2H3,(H,67,68)/b18-16-,24-22-. The maximum atomic E-state index is 12.7. The van der Waals surface area contributed by atoms with Gasteiger partial charge in [0, 0.05) is 19.4 Å². The van der Waals surface area contributed by atoms with Crippen molar-refractivity contribution in [2.75, 3.05) is 26.4 Å². The van der Waals surface area contributed by atoms with E-state index in [0.29, 0.717) is 6.42 Å². The molecule has 2 unspecified atom stereocenters. The Balaban J connectivity index is 3.87. The first-order valence-electron chi connectivity index (χ1n) is 31.8. The molecule has 0 bridgehead atoms. The third kappa shape index (κ3) is 59.6. The highest BCUT2D eigenvalue weighted by Crippen LogP contribution is 2.43. The van der Waals surface area contributed by atoms with Gasteiger partial charge in [0.25, 0.3) is 0 Å². The van der Waals surface area contributed by atoms with Crippen molar-refractivity contribution >= 4 is 19.8 Å². The van der Waals surface area contributed by atoms with E-state index in [2.05, 4.69) is 38.2 Å². The van der Waals surface area contributed by atoms with Crippen molar-refractivity contribution in [3.05, 3.63) is 24.3 Å². The van der Waals surface area contributed by atoms with Gasteiger partial charge in [-0.3, -0.25) is 18.6 Å². The van der Waals surface area contributed by atoms with Gasteiger partial charge in [0.2, 0.25) is 0 Å². The molecule has 0 saturated heterocycles. The molecule has 0 fully saturated rings. The summed E-state index contributed by atoms with van der Waals surface area (Å²) in [5, 5.41) is 0. The molecule has 0 heterocycles. The molecule has 0 aliphatic carbocycles. The van der Waals surface area contributed by atoms with E-state index in [1.165, 1.54) is 257 Å². The molecule has 0 aliphatic rings. The number of allylic oxidation sites excluding steroid dienone is 4. The van der Waals surface area contributed by atoms with Crippen molar-refractivity contribution in [3.8, 4) is 0 Å². The van der Waals surface area contributed by atoms with Gasteiger partial charge in [-0.25, -0.2) is 4.57 Å². The minimum Gasteiger partial charge on any atom is -0.462 e. The molecular formula is C63H122NO8P. The van der Waals surface area contributed by atoms with E-state index >= 15 is 0 Å². The fourth-order valence-corrected chi connectivity index (χ4v) is 10.4. The Morgan fingerprint density at radius 1 is 0.411 bits per heavy atom. The largest absolute Gasteiger partial charge is 0.472 e. The lowest BCUT2D eigenvalue weighted by Crippen LogP contribution is -2.29. The first-order valence-corrected chi connectivity index (χ1v) is 33.3. The first kappa shape index (κ1) is 71.5. The number of unbranched alkanes of at least 4 members (excludes halogenated alkanes) is 44. The van der Waals surface area contributed by atoms with Crippen LogP contribution in [0.25, 0.3) is 0 Å². The Morgan fingerprint density at radius 2 is 0.712 bits per heavy atom. The van der Waals surface area contributed by atoms with Gasteiger partial charge < -0.3 is 20.1 Å². The zero-order valence-electron chi connectivity index (χ0n) is 48.4. The highest BCUT2D eigenvalue weighted by molar-refractivity contribution is 7.47. The second-order valence-corrected chi connectivity index (χ2v) is 23.1. The number of rotatable bonds is 61. The molecule has 0 spiro atoms. The van der Waals surface area contributed by atoms with Gasteiger partial charge >= 0.3 is 19.8 Å². The number of esters is 2. The Morgan fingerprint density at radius 3 is 1.04 bits per heavy atom. The molecule has 0 radical (unpaired) electrons. The monoisotopic (exact) mass is 1050 g/mol. The van der Waals surface area contributed by atoms with Gasteiger partial charge in [-0.2, -0.15) is 0 Å². The van der Waals surface area contributed by atoms with Gasteiger partial charge in [-0.05, 0) is 44.9 Å². The molecule has 0 rings (SSSR count). The van der Waals surface area contributed by atoms with Crippen LogP contribution < -0.4 is 5.73 Å². The fraction of sp³-hybridized carbons (Fsp3) is 0.905. The third-order valence-electron chi connectivity index (χ3n) is 14.3. The fourth-order valence-electron chi connectivity index (χ4n) is 9.61. The van der Waals surface area contributed by atoms with Crippen LogP contribution in [0.3, 0.4) is 0 Å². The lowest BCUT2D eigenvalue weighted by Gasteiger charge is -2.19. The molecule has 73 heavy (non-hydrogen) atoms. The third-order valence-corrected chi connectivity index (χ3v) is 15.3. The lowest BCUT2D eigenvalue weighted by atomic mass is 10.0. The molecule has 0 amide bonds. The Labute approximate surface area is 452 Å².